The number of fused-ring (bicyclic) bond motifs is 1. The van der Waals surface area contributed by atoms with Gasteiger partial charge >= 0.3 is 29.4 Å². The number of carbonyl (C=O) groups excluding carboxylic acids is 3. The van der Waals surface area contributed by atoms with Crippen LogP contribution in [0.15, 0.2) is 18.5 Å². The molecule has 1 saturated heterocycles. The minimum atomic E-state index is -5.65. The number of allylic oxidation sites excluding steroid dienone is 2. The lowest BCUT2D eigenvalue weighted by atomic mass is 9.87. The number of aliphatic hydroxyl groups is 2. The zero-order valence-electron chi connectivity index (χ0n) is 30.0. The second-order valence-electron chi connectivity index (χ2n) is 12.7. The molecule has 3 rings (SSSR count). The zero-order valence-corrected chi connectivity index (χ0v) is 33.5. The molecule has 0 radical (unpaired) electrons. The molecule has 0 aromatic carbocycles. The maximum Gasteiger partial charge on any atom is 0.481 e. The minimum absolute atomic E-state index is 0.00230. The van der Waals surface area contributed by atoms with Crippen LogP contribution in [-0.4, -0.2) is 134 Å². The number of hydrogen-bond donors (Lipinski definition) is 11. The first kappa shape index (κ1) is 48.1. The predicted octanol–water partition coefficient (Wildman–Crippen LogP) is -1.06. The van der Waals surface area contributed by atoms with E-state index in [4.69, 9.17) is 24.6 Å². The lowest BCUT2D eigenvalue weighted by Gasteiger charge is -2.30. The zero-order chi connectivity index (χ0) is 42.9. The van der Waals surface area contributed by atoms with Gasteiger partial charge in [-0.1, -0.05) is 19.9 Å². The number of thiol groups is 1. The van der Waals surface area contributed by atoms with Crippen LogP contribution in [0.3, 0.4) is 0 Å². The third-order valence-corrected chi connectivity index (χ3v) is 10.9. The lowest BCUT2D eigenvalue weighted by Crippen LogP contribution is -2.46. The Balaban J connectivity index is 1.70. The number of carbonyl (C=O) groups is 4. The Morgan fingerprint density at radius 1 is 1.07 bits per heavy atom. The van der Waals surface area contributed by atoms with Gasteiger partial charge in [-0.15, -0.1) is 0 Å². The number of phosphoric ester groups is 3. The van der Waals surface area contributed by atoms with E-state index in [1.54, 1.807) is 0 Å². The van der Waals surface area contributed by atoms with Crippen molar-refractivity contribution >= 4 is 76.6 Å². The number of amides is 2. The van der Waals surface area contributed by atoms with E-state index in [2.05, 4.69) is 47.0 Å². The third kappa shape index (κ3) is 14.5. The summed E-state index contributed by atoms with van der Waals surface area (Å²) in [5, 5.41) is 35.1. The molecule has 2 amide bonds. The highest BCUT2D eigenvalue weighted by molar-refractivity contribution is 7.80. The van der Waals surface area contributed by atoms with Gasteiger partial charge in [0.1, 0.15) is 29.9 Å². The second-order valence-corrected chi connectivity index (χ2v) is 17.3. The number of nitrogens with one attached hydrogen (secondary N) is 2. The highest BCUT2D eigenvalue weighted by atomic mass is 32.1. The Labute approximate surface area is 328 Å². The molecular formula is C27H42N7O19P3S. The molecule has 1 fully saturated rings. The summed E-state index contributed by atoms with van der Waals surface area (Å²) in [5.41, 5.74) is 3.92. The van der Waals surface area contributed by atoms with E-state index in [1.165, 1.54) is 19.9 Å². The maximum absolute atomic E-state index is 12.7. The number of aliphatic carboxylic acids is 1. The van der Waals surface area contributed by atoms with Crippen LogP contribution in [0.1, 0.15) is 50.0 Å². The summed E-state index contributed by atoms with van der Waals surface area (Å²) in [6.45, 7) is 0.465. The summed E-state index contributed by atoms with van der Waals surface area (Å²) in [4.78, 5) is 98.8. The number of anilines is 1. The number of phosphoric acid groups is 3. The molecule has 57 heavy (non-hydrogen) atoms. The standard InChI is InChI=1S/C27H42N7O19P3S/c1-27(2,21(40)25(41)30-8-7-16(36)29-9-10-57)12-50-56(47,48)53-55(45,46)49-11-15-20(52-54(42,43)44)19(39)26(51-15)34-13-31-18-22(28)32-23(33-24(18)34)14(35)5-3-4-6-17(37)38/h3,5,13,15,19-21,26,39-40,57H,4,6-12H2,1-2H3,(H,29,36)(H,30,41)(H,37,38)(H,45,46)(H,47,48)(H2,28,32,33)(H2,42,43,44). The molecule has 2 aromatic heterocycles. The fourth-order valence-electron chi connectivity index (χ4n) is 4.79. The van der Waals surface area contributed by atoms with Gasteiger partial charge in [0.2, 0.25) is 23.4 Å². The van der Waals surface area contributed by atoms with E-state index in [1.807, 2.05) is 0 Å². The van der Waals surface area contributed by atoms with Crippen molar-refractivity contribution < 1.29 is 90.4 Å². The molecule has 2 aromatic rings. The van der Waals surface area contributed by atoms with Crippen molar-refractivity contribution in [1.82, 2.24) is 30.2 Å². The predicted molar refractivity (Wildman–Crippen MR) is 194 cm³/mol. The Kier molecular flexibility index (Phi) is 17.0. The number of nitrogen functional groups attached to an aromatic ring is 1. The van der Waals surface area contributed by atoms with Crippen LogP contribution >= 0.6 is 36.1 Å². The normalized spacial score (nSPS) is 21.6. The first-order valence-corrected chi connectivity index (χ1v) is 21.5. The van der Waals surface area contributed by atoms with Gasteiger partial charge in [0.15, 0.2) is 17.7 Å². The van der Waals surface area contributed by atoms with Crippen molar-refractivity contribution in [2.24, 2.45) is 5.41 Å². The van der Waals surface area contributed by atoms with Crippen molar-refractivity contribution in [3.63, 3.8) is 0 Å². The third-order valence-electron chi connectivity index (χ3n) is 7.59. The van der Waals surface area contributed by atoms with Gasteiger partial charge in [-0.3, -0.25) is 37.3 Å². The van der Waals surface area contributed by atoms with Crippen LogP contribution in [0, 0.1) is 5.41 Å². The van der Waals surface area contributed by atoms with Crippen LogP contribution in [0.5, 0.6) is 0 Å². The minimum Gasteiger partial charge on any atom is -0.481 e. The summed E-state index contributed by atoms with van der Waals surface area (Å²) in [5.74, 6) is -3.72. The van der Waals surface area contributed by atoms with Gasteiger partial charge in [0, 0.05) is 37.1 Å². The lowest BCUT2D eigenvalue weighted by molar-refractivity contribution is -0.137. The summed E-state index contributed by atoms with van der Waals surface area (Å²) >= 11 is 3.95. The largest absolute Gasteiger partial charge is 0.481 e. The first-order valence-electron chi connectivity index (χ1n) is 16.4. The fourth-order valence-corrected chi connectivity index (χ4v) is 7.73. The summed E-state index contributed by atoms with van der Waals surface area (Å²) in [6, 6.07) is 0. The number of ketones is 1. The van der Waals surface area contributed by atoms with Crippen molar-refractivity contribution in [3.05, 3.63) is 24.3 Å². The number of aromatic nitrogens is 4. The SMILES string of the molecule is CC(C)(COP(=O)(O)OP(=O)(O)OCC1OC(n2cnc3c(N)nc(C(=O)C=CCCC(=O)O)nc32)C(O)C1OP(=O)(O)O)C(O)C(=O)NCCC(=O)NCCS. The Hall–Kier alpha value is -3.23. The number of nitrogens with zero attached hydrogens (tertiary/aromatic N) is 4. The van der Waals surface area contributed by atoms with Gasteiger partial charge < -0.3 is 56.0 Å². The highest BCUT2D eigenvalue weighted by Crippen LogP contribution is 2.61. The average molecular weight is 894 g/mol. The molecular weight excluding hydrogens is 851 g/mol. The van der Waals surface area contributed by atoms with Gasteiger partial charge in [0.25, 0.3) is 0 Å². The number of aliphatic hydroxyl groups excluding tert-OH is 2. The molecule has 1 aliphatic heterocycles. The van der Waals surface area contributed by atoms with Crippen LogP contribution in [0.2, 0.25) is 0 Å². The Morgan fingerprint density at radius 2 is 1.74 bits per heavy atom. The van der Waals surface area contributed by atoms with E-state index in [-0.39, 0.29) is 42.8 Å². The molecule has 7 atom stereocenters. The van der Waals surface area contributed by atoms with Gasteiger partial charge in [0.05, 0.1) is 19.5 Å². The number of rotatable bonds is 23. The van der Waals surface area contributed by atoms with Crippen molar-refractivity contribution in [1.29, 1.82) is 0 Å². The fraction of sp³-hybridized carbons (Fsp3) is 0.593. The number of carboxylic acids is 1. The van der Waals surface area contributed by atoms with Crippen molar-refractivity contribution in [2.45, 2.75) is 63.8 Å². The molecule has 3 heterocycles. The van der Waals surface area contributed by atoms with E-state index in [0.717, 1.165) is 17.0 Å². The topological polar surface area (TPSA) is 401 Å². The molecule has 1 aliphatic rings. The van der Waals surface area contributed by atoms with Crippen LogP contribution < -0.4 is 16.4 Å². The van der Waals surface area contributed by atoms with Crippen LogP contribution in [0.25, 0.3) is 11.2 Å². The van der Waals surface area contributed by atoms with Crippen molar-refractivity contribution in [2.75, 3.05) is 37.8 Å². The summed E-state index contributed by atoms with van der Waals surface area (Å²) in [7, 11) is -16.6. The molecule has 26 nitrogen and oxygen atoms in total. The van der Waals surface area contributed by atoms with Crippen LogP contribution in [0.4, 0.5) is 5.82 Å². The molecule has 0 saturated carbocycles. The number of hydrogen-bond acceptors (Lipinski definition) is 19. The molecule has 11 N–H and O–H groups in total. The van der Waals surface area contributed by atoms with Gasteiger partial charge in [-0.05, 0) is 12.5 Å². The first-order chi connectivity index (χ1) is 26.4. The second kappa shape index (κ2) is 20.2. The van der Waals surface area contributed by atoms with Crippen LogP contribution in [-0.2, 0) is 50.7 Å². The van der Waals surface area contributed by atoms with E-state index < -0.39 is 102 Å². The quantitative estimate of drug-likeness (QED) is 0.0274. The number of imidazole rings is 1. The summed E-state index contributed by atoms with van der Waals surface area (Å²) < 4.78 is 62.1. The van der Waals surface area contributed by atoms with E-state index >= 15 is 0 Å². The number of ether oxygens (including phenoxy) is 1. The molecule has 320 valence electrons. The number of nitrogens with two attached hydrogens (primary N) is 1. The summed E-state index contributed by atoms with van der Waals surface area (Å²) in [6.07, 6.45) is -6.69. The molecule has 30 heteroatoms. The highest BCUT2D eigenvalue weighted by Gasteiger charge is 2.50. The molecule has 7 unspecified atom stereocenters. The smallest absolute Gasteiger partial charge is 0.481 e. The van der Waals surface area contributed by atoms with Gasteiger partial charge in [-0.2, -0.15) is 16.9 Å². The number of carboxylic acid groups (broad SMARTS) is 1. The average Bonchev–Trinajstić information content (AvgIpc) is 3.66. The van der Waals surface area contributed by atoms with E-state index in [9.17, 15) is 62.7 Å². The van der Waals surface area contributed by atoms with Crippen molar-refractivity contribution in [3.8, 4) is 0 Å². The van der Waals surface area contributed by atoms with Gasteiger partial charge in [-0.25, -0.2) is 28.6 Å². The monoisotopic (exact) mass is 893 g/mol. The molecule has 0 spiro atoms. The Morgan fingerprint density at radius 3 is 2.37 bits per heavy atom. The maximum atomic E-state index is 12.7. The Bertz CT molecular complexity index is 1960. The molecule has 0 bridgehead atoms. The molecule has 0 aliphatic carbocycles. The van der Waals surface area contributed by atoms with E-state index in [0.29, 0.717) is 12.3 Å².